The number of hydrogen-bond donors (Lipinski definition) is 1. The molecule has 2 atom stereocenters. The Balaban J connectivity index is 2.52. The Bertz CT molecular complexity index is 221. The predicted molar refractivity (Wildman–Crippen MR) is 64.1 cm³/mol. The molecule has 1 rings (SSSR count). The zero-order valence-electron chi connectivity index (χ0n) is 10.4. The molecule has 0 radical (unpaired) electrons. The maximum atomic E-state index is 11.8. The third-order valence-corrected chi connectivity index (χ3v) is 3.12. The maximum Gasteiger partial charge on any atom is 0.323 e. The maximum absolute atomic E-state index is 11.8. The highest BCUT2D eigenvalue weighted by atomic mass is 16.5. The first-order chi connectivity index (χ1) is 7.69. The van der Waals surface area contributed by atoms with E-state index in [1.54, 1.807) is 0 Å². The molecule has 94 valence electrons. The number of hydrogen-bond acceptors (Lipinski definition) is 4. The van der Waals surface area contributed by atoms with Crippen molar-refractivity contribution < 1.29 is 9.53 Å². The molecule has 0 aromatic rings. The number of carbonyl (C=O) groups excluding carboxylic acids is 1. The van der Waals surface area contributed by atoms with E-state index in [2.05, 4.69) is 11.8 Å². The van der Waals surface area contributed by atoms with E-state index in [1.165, 1.54) is 6.42 Å². The fourth-order valence-corrected chi connectivity index (χ4v) is 2.19. The third kappa shape index (κ3) is 3.76. The highest BCUT2D eigenvalue weighted by Gasteiger charge is 2.30. The van der Waals surface area contributed by atoms with Gasteiger partial charge in [0.25, 0.3) is 0 Å². The highest BCUT2D eigenvalue weighted by Crippen LogP contribution is 2.19. The molecule has 16 heavy (non-hydrogen) atoms. The molecule has 0 aromatic carbocycles. The van der Waals surface area contributed by atoms with Gasteiger partial charge >= 0.3 is 5.97 Å². The molecular weight excluding hydrogens is 204 g/mol. The molecule has 2 unspecified atom stereocenters. The van der Waals surface area contributed by atoms with Crippen LogP contribution < -0.4 is 5.73 Å². The minimum absolute atomic E-state index is 0.0392. The van der Waals surface area contributed by atoms with Crippen LogP contribution in [0.15, 0.2) is 0 Å². The molecule has 4 heteroatoms. The Kier molecular flexibility index (Phi) is 5.77. The zero-order valence-corrected chi connectivity index (χ0v) is 10.4. The van der Waals surface area contributed by atoms with Crippen molar-refractivity contribution in [2.24, 2.45) is 11.7 Å². The summed E-state index contributed by atoms with van der Waals surface area (Å²) < 4.78 is 5.11. The van der Waals surface area contributed by atoms with Crippen LogP contribution in [0.5, 0.6) is 0 Å². The van der Waals surface area contributed by atoms with Crippen LogP contribution in [0.4, 0.5) is 0 Å². The predicted octanol–water partition coefficient (Wildman–Crippen LogP) is 0.999. The molecule has 4 nitrogen and oxygen atoms in total. The van der Waals surface area contributed by atoms with E-state index in [-0.39, 0.29) is 12.0 Å². The highest BCUT2D eigenvalue weighted by molar-refractivity contribution is 5.75. The molecule has 1 heterocycles. The molecule has 1 saturated heterocycles. The van der Waals surface area contributed by atoms with Crippen LogP contribution in [0.1, 0.15) is 33.1 Å². The van der Waals surface area contributed by atoms with Crippen LogP contribution in [0.2, 0.25) is 0 Å². The van der Waals surface area contributed by atoms with Gasteiger partial charge in [-0.05, 0) is 38.8 Å². The molecule has 0 spiro atoms. The fraction of sp³-hybridized carbons (Fsp3) is 0.917. The second-order valence-corrected chi connectivity index (χ2v) is 4.60. The van der Waals surface area contributed by atoms with Crippen molar-refractivity contribution in [1.29, 1.82) is 0 Å². The molecule has 0 amide bonds. The van der Waals surface area contributed by atoms with Crippen molar-refractivity contribution in [3.8, 4) is 0 Å². The molecule has 2 N–H and O–H groups in total. The Labute approximate surface area is 98.1 Å². The first-order valence-corrected chi connectivity index (χ1v) is 6.29. The number of rotatable bonds is 5. The Morgan fingerprint density at radius 1 is 1.56 bits per heavy atom. The Morgan fingerprint density at radius 3 is 2.94 bits per heavy atom. The summed E-state index contributed by atoms with van der Waals surface area (Å²) in [5.74, 6) is 0.376. The van der Waals surface area contributed by atoms with E-state index >= 15 is 0 Å². The van der Waals surface area contributed by atoms with Crippen LogP contribution in [-0.2, 0) is 9.53 Å². The van der Waals surface area contributed by atoms with Gasteiger partial charge < -0.3 is 10.5 Å². The lowest BCUT2D eigenvalue weighted by atomic mass is 10.0. The number of nitrogens with two attached hydrogens (primary N) is 1. The van der Waals surface area contributed by atoms with Gasteiger partial charge in [0.2, 0.25) is 0 Å². The van der Waals surface area contributed by atoms with Gasteiger partial charge in [-0.2, -0.15) is 0 Å². The molecule has 0 aliphatic carbocycles. The van der Waals surface area contributed by atoms with Gasteiger partial charge in [0.1, 0.15) is 6.04 Å². The SMILES string of the molecule is CCOC(=O)C1CCCCN1CC(C)CN. The summed E-state index contributed by atoms with van der Waals surface area (Å²) in [4.78, 5) is 14.0. The van der Waals surface area contributed by atoms with Crippen molar-refractivity contribution in [3.05, 3.63) is 0 Å². The average molecular weight is 228 g/mol. The number of likely N-dealkylation sites (tertiary alicyclic amines) is 1. The number of carbonyl (C=O) groups is 1. The summed E-state index contributed by atoms with van der Waals surface area (Å²) in [6, 6.07) is -0.0392. The summed E-state index contributed by atoms with van der Waals surface area (Å²) in [7, 11) is 0. The second-order valence-electron chi connectivity index (χ2n) is 4.60. The van der Waals surface area contributed by atoms with Gasteiger partial charge in [0.05, 0.1) is 6.61 Å². The standard InChI is InChI=1S/C12H24N2O2/c1-3-16-12(15)11-6-4-5-7-14(11)9-10(2)8-13/h10-11H,3-9,13H2,1-2H3. The van der Waals surface area contributed by atoms with Crippen molar-refractivity contribution in [2.45, 2.75) is 39.2 Å². The summed E-state index contributed by atoms with van der Waals surface area (Å²) in [5, 5.41) is 0. The summed E-state index contributed by atoms with van der Waals surface area (Å²) in [6.07, 6.45) is 3.22. The van der Waals surface area contributed by atoms with E-state index in [4.69, 9.17) is 10.5 Å². The number of esters is 1. The number of piperidine rings is 1. The first-order valence-electron chi connectivity index (χ1n) is 6.29. The van der Waals surface area contributed by atoms with Crippen molar-refractivity contribution in [3.63, 3.8) is 0 Å². The van der Waals surface area contributed by atoms with Crippen LogP contribution in [-0.4, -0.2) is 43.2 Å². The van der Waals surface area contributed by atoms with Crippen LogP contribution >= 0.6 is 0 Å². The van der Waals surface area contributed by atoms with E-state index in [1.807, 2.05) is 6.92 Å². The van der Waals surface area contributed by atoms with Crippen LogP contribution in [0.25, 0.3) is 0 Å². The Hall–Kier alpha value is -0.610. The molecule has 1 aliphatic rings. The average Bonchev–Trinajstić information content (AvgIpc) is 2.30. The Morgan fingerprint density at radius 2 is 2.31 bits per heavy atom. The summed E-state index contributed by atoms with van der Waals surface area (Å²) in [5.41, 5.74) is 5.63. The molecule has 1 fully saturated rings. The quantitative estimate of drug-likeness (QED) is 0.713. The minimum Gasteiger partial charge on any atom is -0.465 e. The van der Waals surface area contributed by atoms with E-state index in [0.29, 0.717) is 19.1 Å². The fourth-order valence-electron chi connectivity index (χ4n) is 2.19. The van der Waals surface area contributed by atoms with Crippen molar-refractivity contribution in [1.82, 2.24) is 4.90 Å². The van der Waals surface area contributed by atoms with Crippen LogP contribution in [0.3, 0.4) is 0 Å². The van der Waals surface area contributed by atoms with Gasteiger partial charge in [-0.25, -0.2) is 0 Å². The smallest absolute Gasteiger partial charge is 0.323 e. The molecule has 1 aliphatic heterocycles. The second kappa shape index (κ2) is 6.86. The largest absolute Gasteiger partial charge is 0.465 e. The topological polar surface area (TPSA) is 55.6 Å². The lowest BCUT2D eigenvalue weighted by molar-refractivity contribution is -0.151. The molecule has 0 saturated carbocycles. The molecule has 0 aromatic heterocycles. The van der Waals surface area contributed by atoms with E-state index in [9.17, 15) is 4.79 Å². The summed E-state index contributed by atoms with van der Waals surface area (Å²) >= 11 is 0. The van der Waals surface area contributed by atoms with Gasteiger partial charge in [-0.1, -0.05) is 13.3 Å². The number of ether oxygens (including phenoxy) is 1. The van der Waals surface area contributed by atoms with Crippen molar-refractivity contribution >= 4 is 5.97 Å². The zero-order chi connectivity index (χ0) is 12.0. The third-order valence-electron chi connectivity index (χ3n) is 3.12. The van der Waals surface area contributed by atoms with E-state index < -0.39 is 0 Å². The first kappa shape index (κ1) is 13.5. The minimum atomic E-state index is -0.0635. The van der Waals surface area contributed by atoms with E-state index in [0.717, 1.165) is 25.9 Å². The summed E-state index contributed by atoms with van der Waals surface area (Å²) in [6.45, 7) is 7.01. The lowest BCUT2D eigenvalue weighted by Gasteiger charge is -2.35. The van der Waals surface area contributed by atoms with Gasteiger partial charge in [-0.3, -0.25) is 9.69 Å². The van der Waals surface area contributed by atoms with Gasteiger partial charge in [0.15, 0.2) is 0 Å². The molecular formula is C12H24N2O2. The lowest BCUT2D eigenvalue weighted by Crippen LogP contribution is -2.47. The monoisotopic (exact) mass is 228 g/mol. The normalized spacial score (nSPS) is 24.1. The van der Waals surface area contributed by atoms with Gasteiger partial charge in [0, 0.05) is 6.54 Å². The van der Waals surface area contributed by atoms with Crippen LogP contribution in [0, 0.1) is 5.92 Å². The molecule has 0 bridgehead atoms. The van der Waals surface area contributed by atoms with Gasteiger partial charge in [-0.15, -0.1) is 0 Å². The number of nitrogens with zero attached hydrogens (tertiary/aromatic N) is 1. The van der Waals surface area contributed by atoms with Crippen molar-refractivity contribution in [2.75, 3.05) is 26.2 Å².